The van der Waals surface area contributed by atoms with E-state index >= 15 is 4.39 Å². The van der Waals surface area contributed by atoms with Gasteiger partial charge in [-0.05, 0) is 84.2 Å². The SMILES string of the molecule is CCCCCCCCc1ccc(-c2ccc(-c3ccc(C4CCC(CCCCC)CC4)c(F)c3)cc2)c(F)c1F. The van der Waals surface area contributed by atoms with Crippen LogP contribution in [0, 0.1) is 23.4 Å². The van der Waals surface area contributed by atoms with Crippen molar-refractivity contribution in [3.63, 3.8) is 0 Å². The molecule has 1 aliphatic rings. The Kier molecular flexibility index (Phi) is 11.7. The minimum absolute atomic E-state index is 0.134. The van der Waals surface area contributed by atoms with Crippen LogP contribution < -0.4 is 0 Å². The lowest BCUT2D eigenvalue weighted by atomic mass is 9.76. The standard InChI is InChI=1S/C37H47F3/c1-3-5-7-8-9-11-13-31-22-25-34(37(40)36(31)39)30-20-18-28(19-21-30)32-23-24-33(35(38)26-32)29-16-14-27(15-17-29)12-10-6-4-2/h18-27,29H,3-17H2,1-2H3. The van der Waals surface area contributed by atoms with Crippen molar-refractivity contribution in [1.29, 1.82) is 0 Å². The first-order valence-electron chi connectivity index (χ1n) is 15.9. The molecule has 1 aliphatic carbocycles. The quantitative estimate of drug-likeness (QED) is 0.176. The summed E-state index contributed by atoms with van der Waals surface area (Å²) in [5.74, 6) is -0.543. The van der Waals surface area contributed by atoms with Gasteiger partial charge in [-0.2, -0.15) is 0 Å². The molecule has 0 bridgehead atoms. The second-order valence-corrected chi connectivity index (χ2v) is 11.9. The monoisotopic (exact) mass is 548 g/mol. The van der Waals surface area contributed by atoms with Gasteiger partial charge in [-0.1, -0.05) is 120 Å². The van der Waals surface area contributed by atoms with E-state index in [1.807, 2.05) is 24.3 Å². The fourth-order valence-electron chi connectivity index (χ4n) is 6.43. The van der Waals surface area contributed by atoms with E-state index < -0.39 is 11.6 Å². The smallest absolute Gasteiger partial charge is 0.166 e. The molecule has 0 atom stereocenters. The van der Waals surface area contributed by atoms with Crippen LogP contribution in [0.1, 0.15) is 121 Å². The zero-order valence-corrected chi connectivity index (χ0v) is 24.6. The van der Waals surface area contributed by atoms with Crippen molar-refractivity contribution < 1.29 is 13.2 Å². The zero-order chi connectivity index (χ0) is 28.3. The Bertz CT molecular complexity index is 1190. The summed E-state index contributed by atoms with van der Waals surface area (Å²) in [6.07, 6.45) is 17.0. The third kappa shape index (κ3) is 8.02. The van der Waals surface area contributed by atoms with Crippen LogP contribution in [0.5, 0.6) is 0 Å². The maximum atomic E-state index is 15.2. The Morgan fingerprint density at radius 1 is 0.600 bits per heavy atom. The number of benzene rings is 3. The molecular formula is C37H47F3. The first kappa shape index (κ1) is 30.4. The van der Waals surface area contributed by atoms with E-state index in [0.717, 1.165) is 54.7 Å². The van der Waals surface area contributed by atoms with Crippen molar-refractivity contribution >= 4 is 0 Å². The van der Waals surface area contributed by atoms with E-state index in [0.29, 0.717) is 23.5 Å². The predicted molar refractivity (Wildman–Crippen MR) is 163 cm³/mol. The van der Waals surface area contributed by atoms with Crippen LogP contribution in [0.15, 0.2) is 54.6 Å². The zero-order valence-electron chi connectivity index (χ0n) is 24.6. The van der Waals surface area contributed by atoms with Crippen molar-refractivity contribution in [1.82, 2.24) is 0 Å². The summed E-state index contributed by atoms with van der Waals surface area (Å²) in [6.45, 7) is 4.43. The van der Waals surface area contributed by atoms with Crippen LogP contribution in [0.2, 0.25) is 0 Å². The van der Waals surface area contributed by atoms with Gasteiger partial charge in [0.2, 0.25) is 0 Å². The normalized spacial score (nSPS) is 17.3. The number of aryl methyl sites for hydroxylation is 1. The van der Waals surface area contributed by atoms with E-state index in [1.54, 1.807) is 30.3 Å². The molecule has 0 aliphatic heterocycles. The molecule has 3 aromatic rings. The highest BCUT2D eigenvalue weighted by Crippen LogP contribution is 2.39. The maximum Gasteiger partial charge on any atom is 0.166 e. The molecule has 0 saturated heterocycles. The Balaban J connectivity index is 1.37. The average molecular weight is 549 g/mol. The van der Waals surface area contributed by atoms with E-state index in [4.69, 9.17) is 0 Å². The number of unbranched alkanes of at least 4 members (excludes halogenated alkanes) is 7. The molecule has 0 spiro atoms. The van der Waals surface area contributed by atoms with Crippen molar-refractivity contribution in [2.45, 2.75) is 116 Å². The van der Waals surface area contributed by atoms with Crippen LogP contribution in [0.25, 0.3) is 22.3 Å². The molecule has 0 nitrogen and oxygen atoms in total. The third-order valence-corrected chi connectivity index (χ3v) is 8.99. The Morgan fingerprint density at radius 2 is 1.23 bits per heavy atom. The molecule has 0 amide bonds. The van der Waals surface area contributed by atoms with E-state index in [9.17, 15) is 8.78 Å². The van der Waals surface area contributed by atoms with Gasteiger partial charge in [0.1, 0.15) is 5.82 Å². The van der Waals surface area contributed by atoms with Crippen molar-refractivity contribution in [2.24, 2.45) is 5.92 Å². The van der Waals surface area contributed by atoms with Crippen molar-refractivity contribution in [3.05, 3.63) is 83.2 Å². The van der Waals surface area contributed by atoms with Gasteiger partial charge in [0.05, 0.1) is 0 Å². The number of rotatable bonds is 14. The maximum absolute atomic E-state index is 15.2. The summed E-state index contributed by atoms with van der Waals surface area (Å²) in [6, 6.07) is 16.3. The minimum atomic E-state index is -0.785. The molecular weight excluding hydrogens is 501 g/mol. The second-order valence-electron chi connectivity index (χ2n) is 11.9. The van der Waals surface area contributed by atoms with Gasteiger partial charge in [0, 0.05) is 5.56 Å². The molecule has 3 heteroatoms. The molecule has 3 aromatic carbocycles. The highest BCUT2D eigenvalue weighted by Gasteiger charge is 2.24. The van der Waals surface area contributed by atoms with Gasteiger partial charge < -0.3 is 0 Å². The van der Waals surface area contributed by atoms with Gasteiger partial charge in [-0.25, -0.2) is 13.2 Å². The highest BCUT2D eigenvalue weighted by molar-refractivity contribution is 5.71. The fourth-order valence-corrected chi connectivity index (χ4v) is 6.43. The van der Waals surface area contributed by atoms with Gasteiger partial charge in [-0.15, -0.1) is 0 Å². The lowest BCUT2D eigenvalue weighted by molar-refractivity contribution is 0.299. The summed E-state index contributed by atoms with van der Waals surface area (Å²) in [4.78, 5) is 0. The molecule has 0 aromatic heterocycles. The molecule has 1 fully saturated rings. The Labute approximate surface area is 240 Å². The summed E-state index contributed by atoms with van der Waals surface area (Å²) in [7, 11) is 0. The topological polar surface area (TPSA) is 0 Å². The number of halogens is 3. The van der Waals surface area contributed by atoms with E-state index in [2.05, 4.69) is 13.8 Å². The van der Waals surface area contributed by atoms with Crippen LogP contribution in [-0.2, 0) is 6.42 Å². The lowest BCUT2D eigenvalue weighted by Crippen LogP contribution is -2.14. The summed E-state index contributed by atoms with van der Waals surface area (Å²) in [5, 5.41) is 0. The first-order chi connectivity index (χ1) is 19.5. The van der Waals surface area contributed by atoms with Gasteiger partial charge >= 0.3 is 0 Å². The molecule has 1 saturated carbocycles. The fraction of sp³-hybridized carbons (Fsp3) is 0.514. The minimum Gasteiger partial charge on any atom is -0.207 e. The summed E-state index contributed by atoms with van der Waals surface area (Å²) >= 11 is 0. The molecule has 0 radical (unpaired) electrons. The van der Waals surface area contributed by atoms with Gasteiger partial charge in [-0.3, -0.25) is 0 Å². The van der Waals surface area contributed by atoms with E-state index in [1.165, 1.54) is 57.8 Å². The van der Waals surface area contributed by atoms with Gasteiger partial charge in [0.15, 0.2) is 11.6 Å². The average Bonchev–Trinajstić information content (AvgIpc) is 2.98. The lowest BCUT2D eigenvalue weighted by Gasteiger charge is -2.29. The molecule has 0 unspecified atom stereocenters. The summed E-state index contributed by atoms with van der Waals surface area (Å²) < 4.78 is 45.1. The van der Waals surface area contributed by atoms with Crippen LogP contribution >= 0.6 is 0 Å². The molecule has 0 N–H and O–H groups in total. The predicted octanol–water partition coefficient (Wildman–Crippen LogP) is 12.2. The molecule has 40 heavy (non-hydrogen) atoms. The molecule has 4 rings (SSSR count). The van der Waals surface area contributed by atoms with E-state index in [-0.39, 0.29) is 11.4 Å². The third-order valence-electron chi connectivity index (χ3n) is 8.99. The number of hydrogen-bond donors (Lipinski definition) is 0. The first-order valence-corrected chi connectivity index (χ1v) is 15.9. The molecule has 216 valence electrons. The highest BCUT2D eigenvalue weighted by atomic mass is 19.2. The Hall–Kier alpha value is -2.55. The Morgan fingerprint density at radius 3 is 1.93 bits per heavy atom. The van der Waals surface area contributed by atoms with Gasteiger partial charge in [0.25, 0.3) is 0 Å². The van der Waals surface area contributed by atoms with Crippen LogP contribution in [0.4, 0.5) is 13.2 Å². The second kappa shape index (κ2) is 15.5. The summed E-state index contributed by atoms with van der Waals surface area (Å²) in [5.41, 5.74) is 3.86. The van der Waals surface area contributed by atoms with Crippen molar-refractivity contribution in [3.8, 4) is 22.3 Å². The number of hydrogen-bond acceptors (Lipinski definition) is 0. The molecule has 0 heterocycles. The van der Waals surface area contributed by atoms with Crippen LogP contribution in [0.3, 0.4) is 0 Å². The van der Waals surface area contributed by atoms with Crippen LogP contribution in [-0.4, -0.2) is 0 Å². The largest absolute Gasteiger partial charge is 0.207 e. The van der Waals surface area contributed by atoms with Crippen molar-refractivity contribution in [2.75, 3.05) is 0 Å².